The second kappa shape index (κ2) is 8.27. The molecule has 0 aliphatic carbocycles. The van der Waals surface area contributed by atoms with Crippen LogP contribution in [0.25, 0.3) is 0 Å². The smallest absolute Gasteiger partial charge is 0.263 e. The molecule has 138 valence electrons. The zero-order valence-electron chi connectivity index (χ0n) is 15.3. The number of benzene rings is 1. The predicted molar refractivity (Wildman–Crippen MR) is 109 cm³/mol. The number of carbonyl (C=O) groups excluding carboxylic acids is 2. The van der Waals surface area contributed by atoms with Crippen LogP contribution >= 0.6 is 23.1 Å². The zero-order chi connectivity index (χ0) is 18.7. The fourth-order valence-corrected chi connectivity index (χ4v) is 5.16. The Labute approximate surface area is 163 Å². The number of nitrogens with zero attached hydrogens (tertiary/aromatic N) is 2. The molecule has 1 aromatic heterocycles. The van der Waals surface area contributed by atoms with Crippen molar-refractivity contribution in [2.24, 2.45) is 0 Å². The monoisotopic (exact) mass is 388 g/mol. The van der Waals surface area contributed by atoms with E-state index in [0.717, 1.165) is 10.4 Å². The molecule has 2 heterocycles. The van der Waals surface area contributed by atoms with Gasteiger partial charge < -0.3 is 9.80 Å². The average molecular weight is 389 g/mol. The number of hydrogen-bond donors (Lipinski definition) is 0. The Morgan fingerprint density at radius 3 is 2.73 bits per heavy atom. The summed E-state index contributed by atoms with van der Waals surface area (Å²) in [5, 5.41) is 1.88. The molecule has 2 atom stereocenters. The van der Waals surface area contributed by atoms with E-state index in [0.29, 0.717) is 19.6 Å². The van der Waals surface area contributed by atoms with Gasteiger partial charge in [0.2, 0.25) is 5.91 Å². The molecule has 2 amide bonds. The largest absolute Gasteiger partial charge is 0.336 e. The highest BCUT2D eigenvalue weighted by Crippen LogP contribution is 2.42. The van der Waals surface area contributed by atoms with E-state index >= 15 is 0 Å². The first-order valence-corrected chi connectivity index (χ1v) is 10.7. The van der Waals surface area contributed by atoms with Crippen molar-refractivity contribution < 1.29 is 9.59 Å². The van der Waals surface area contributed by atoms with Crippen LogP contribution < -0.4 is 0 Å². The molecule has 4 nitrogen and oxygen atoms in total. The third kappa shape index (κ3) is 3.96. The summed E-state index contributed by atoms with van der Waals surface area (Å²) in [6.07, 6.45) is 0. The highest BCUT2D eigenvalue weighted by Gasteiger charge is 2.38. The van der Waals surface area contributed by atoms with Gasteiger partial charge in [-0.25, -0.2) is 0 Å². The molecule has 1 aliphatic heterocycles. The van der Waals surface area contributed by atoms with Crippen molar-refractivity contribution in [2.75, 3.05) is 19.6 Å². The van der Waals surface area contributed by atoms with E-state index in [9.17, 15) is 9.59 Å². The van der Waals surface area contributed by atoms with Gasteiger partial charge in [0.15, 0.2) is 0 Å². The van der Waals surface area contributed by atoms with Gasteiger partial charge in [-0.2, -0.15) is 0 Å². The van der Waals surface area contributed by atoms with E-state index in [1.165, 1.54) is 16.9 Å². The lowest BCUT2D eigenvalue weighted by molar-refractivity contribution is -0.130. The molecule has 0 saturated carbocycles. The minimum Gasteiger partial charge on any atom is -0.336 e. The highest BCUT2D eigenvalue weighted by molar-refractivity contribution is 8.01. The predicted octanol–water partition coefficient (Wildman–Crippen LogP) is 4.18. The van der Waals surface area contributed by atoms with Gasteiger partial charge in [0.1, 0.15) is 5.37 Å². The SMILES string of the molecule is CCN(CCN1C(=O)[C@H](C)S[C@H]1c1cccc(C)c1)C(=O)c1cccs1. The zero-order valence-corrected chi connectivity index (χ0v) is 17.0. The maximum atomic E-state index is 12.7. The van der Waals surface area contributed by atoms with E-state index in [4.69, 9.17) is 0 Å². The van der Waals surface area contributed by atoms with E-state index in [1.807, 2.05) is 47.2 Å². The molecule has 1 aromatic carbocycles. The van der Waals surface area contributed by atoms with Crippen LogP contribution in [0.4, 0.5) is 0 Å². The first-order chi connectivity index (χ1) is 12.5. The minimum absolute atomic E-state index is 0.0212. The van der Waals surface area contributed by atoms with Gasteiger partial charge in [-0.15, -0.1) is 23.1 Å². The summed E-state index contributed by atoms with van der Waals surface area (Å²) >= 11 is 3.14. The molecule has 26 heavy (non-hydrogen) atoms. The van der Waals surface area contributed by atoms with Gasteiger partial charge in [0.05, 0.1) is 10.1 Å². The van der Waals surface area contributed by atoms with Crippen LogP contribution in [0.15, 0.2) is 41.8 Å². The number of hydrogen-bond acceptors (Lipinski definition) is 4. The lowest BCUT2D eigenvalue weighted by Crippen LogP contribution is -2.40. The van der Waals surface area contributed by atoms with Crippen molar-refractivity contribution in [3.8, 4) is 0 Å². The number of rotatable bonds is 6. The first-order valence-electron chi connectivity index (χ1n) is 8.86. The molecule has 1 fully saturated rings. The van der Waals surface area contributed by atoms with Gasteiger partial charge >= 0.3 is 0 Å². The van der Waals surface area contributed by atoms with Crippen LogP contribution in [0.3, 0.4) is 0 Å². The van der Waals surface area contributed by atoms with E-state index < -0.39 is 0 Å². The number of thiophene rings is 1. The second-order valence-corrected chi connectivity index (χ2v) is 8.81. The fraction of sp³-hybridized carbons (Fsp3) is 0.400. The number of thioether (sulfide) groups is 1. The number of carbonyl (C=O) groups is 2. The van der Waals surface area contributed by atoms with Crippen LogP contribution in [0.2, 0.25) is 0 Å². The van der Waals surface area contributed by atoms with Gasteiger partial charge in [-0.1, -0.05) is 35.9 Å². The topological polar surface area (TPSA) is 40.6 Å². The van der Waals surface area contributed by atoms with Gasteiger partial charge in [-0.05, 0) is 37.8 Å². The van der Waals surface area contributed by atoms with Crippen molar-refractivity contribution in [1.29, 1.82) is 0 Å². The van der Waals surface area contributed by atoms with Crippen molar-refractivity contribution >= 4 is 34.9 Å². The van der Waals surface area contributed by atoms with Gasteiger partial charge in [0.25, 0.3) is 5.91 Å². The molecule has 3 rings (SSSR count). The molecule has 2 aromatic rings. The molecule has 1 saturated heterocycles. The summed E-state index contributed by atoms with van der Waals surface area (Å²) in [7, 11) is 0. The van der Waals surface area contributed by atoms with E-state index in [2.05, 4.69) is 25.1 Å². The van der Waals surface area contributed by atoms with Crippen molar-refractivity contribution in [3.05, 3.63) is 57.8 Å². The minimum atomic E-state index is -0.0522. The normalized spacial score (nSPS) is 19.8. The molecule has 1 aliphatic rings. The highest BCUT2D eigenvalue weighted by atomic mass is 32.2. The lowest BCUT2D eigenvalue weighted by atomic mass is 10.1. The Hall–Kier alpha value is -1.79. The van der Waals surface area contributed by atoms with Crippen molar-refractivity contribution in [3.63, 3.8) is 0 Å². The second-order valence-electron chi connectivity index (χ2n) is 6.44. The summed E-state index contributed by atoms with van der Waals surface area (Å²) in [5.74, 6) is 0.197. The van der Waals surface area contributed by atoms with Crippen LogP contribution in [-0.2, 0) is 4.79 Å². The fourth-order valence-electron chi connectivity index (χ4n) is 3.17. The molecule has 0 radical (unpaired) electrons. The Balaban J connectivity index is 1.73. The first kappa shape index (κ1) is 19.0. The Kier molecular flexibility index (Phi) is 6.04. The molecule has 0 N–H and O–H groups in total. The number of amides is 2. The maximum absolute atomic E-state index is 12.7. The standard InChI is InChI=1S/C20H24N2O2S2/c1-4-21(19(24)17-9-6-12-25-17)10-11-22-18(23)15(3)26-20(22)16-8-5-7-14(2)13-16/h5-9,12-13,15,20H,4,10-11H2,1-3H3/t15-,20-/m0/s1. The summed E-state index contributed by atoms with van der Waals surface area (Å²) in [5.41, 5.74) is 2.35. The van der Waals surface area contributed by atoms with Crippen molar-refractivity contribution in [1.82, 2.24) is 9.80 Å². The van der Waals surface area contributed by atoms with Crippen LogP contribution in [-0.4, -0.2) is 46.5 Å². The van der Waals surface area contributed by atoms with E-state index in [-0.39, 0.29) is 22.4 Å². The molecule has 0 bridgehead atoms. The molecule has 6 heteroatoms. The molecule has 0 unspecified atom stereocenters. The molecule has 0 spiro atoms. The summed E-state index contributed by atoms with van der Waals surface area (Å²) < 4.78 is 0. The van der Waals surface area contributed by atoms with Gasteiger partial charge in [0, 0.05) is 19.6 Å². The summed E-state index contributed by atoms with van der Waals surface area (Å²) in [4.78, 5) is 29.8. The summed E-state index contributed by atoms with van der Waals surface area (Å²) in [6, 6.07) is 12.1. The van der Waals surface area contributed by atoms with Gasteiger partial charge in [-0.3, -0.25) is 9.59 Å². The third-order valence-corrected chi connectivity index (χ3v) is 6.84. The average Bonchev–Trinajstić information content (AvgIpc) is 3.26. The van der Waals surface area contributed by atoms with E-state index in [1.54, 1.807) is 11.8 Å². The summed E-state index contributed by atoms with van der Waals surface area (Å²) in [6.45, 7) is 7.75. The maximum Gasteiger partial charge on any atom is 0.263 e. The Morgan fingerprint density at radius 1 is 1.27 bits per heavy atom. The number of aryl methyl sites for hydroxylation is 1. The Bertz CT molecular complexity index is 776. The molecular formula is C20H24N2O2S2. The van der Waals surface area contributed by atoms with Crippen molar-refractivity contribution in [2.45, 2.75) is 31.4 Å². The Morgan fingerprint density at radius 2 is 2.08 bits per heavy atom. The number of likely N-dealkylation sites (N-methyl/N-ethyl adjacent to an activating group) is 1. The van der Waals surface area contributed by atoms with Crippen LogP contribution in [0, 0.1) is 6.92 Å². The lowest BCUT2D eigenvalue weighted by Gasteiger charge is -2.28. The third-order valence-electron chi connectivity index (χ3n) is 4.59. The molecular weight excluding hydrogens is 364 g/mol. The quantitative estimate of drug-likeness (QED) is 0.745. The van der Waals surface area contributed by atoms with Crippen LogP contribution in [0.1, 0.15) is 40.0 Å². The van der Waals surface area contributed by atoms with Crippen LogP contribution in [0.5, 0.6) is 0 Å².